The van der Waals surface area contributed by atoms with E-state index >= 15 is 0 Å². The Morgan fingerprint density at radius 2 is 1.77 bits per heavy atom. The molecule has 2 aromatic rings. The molecule has 5 heteroatoms. The number of nitrogens with one attached hydrogen (secondary N) is 1. The molecule has 4 aliphatic carbocycles. The predicted octanol–water partition coefficient (Wildman–Crippen LogP) is 4.67. The van der Waals surface area contributed by atoms with Crippen LogP contribution in [0.5, 0.6) is 0 Å². The van der Waals surface area contributed by atoms with Crippen molar-refractivity contribution in [3.8, 4) is 6.07 Å². The van der Waals surface area contributed by atoms with E-state index in [9.17, 15) is 10.1 Å². The van der Waals surface area contributed by atoms with E-state index in [1.165, 1.54) is 19.3 Å². The van der Waals surface area contributed by atoms with Gasteiger partial charge < -0.3 is 9.32 Å². The quantitative estimate of drug-likeness (QED) is 0.678. The molecule has 4 aliphatic rings. The van der Waals surface area contributed by atoms with Crippen LogP contribution in [0.2, 0.25) is 0 Å². The number of carbonyl (C=O) groups excluding carboxylic acids is 1. The van der Waals surface area contributed by atoms with Crippen molar-refractivity contribution >= 4 is 5.91 Å². The summed E-state index contributed by atoms with van der Waals surface area (Å²) in [6.07, 6.45) is 9.45. The highest BCUT2D eigenvalue weighted by Gasteiger charge is 2.54. The molecule has 1 N–H and O–H groups in total. The number of hydrogen-bond donors (Lipinski definition) is 1. The zero-order valence-electron chi connectivity index (χ0n) is 18.0. The van der Waals surface area contributed by atoms with Gasteiger partial charge in [0, 0.05) is 12.1 Å². The summed E-state index contributed by atoms with van der Waals surface area (Å²) in [5, 5.41) is 12.7. The molecule has 6 rings (SSSR count). The van der Waals surface area contributed by atoms with Crippen LogP contribution in [-0.4, -0.2) is 29.4 Å². The van der Waals surface area contributed by atoms with Gasteiger partial charge in [-0.3, -0.25) is 10.1 Å². The van der Waals surface area contributed by atoms with Crippen molar-refractivity contribution in [1.29, 1.82) is 5.26 Å². The monoisotopic (exact) mass is 417 g/mol. The summed E-state index contributed by atoms with van der Waals surface area (Å²) in [7, 11) is 0. The molecule has 0 saturated heterocycles. The van der Waals surface area contributed by atoms with Gasteiger partial charge in [0.15, 0.2) is 0 Å². The molecule has 4 bridgehead atoms. The van der Waals surface area contributed by atoms with Gasteiger partial charge in [-0.25, -0.2) is 0 Å². The molecule has 0 radical (unpaired) electrons. The number of carbonyl (C=O) groups is 1. The summed E-state index contributed by atoms with van der Waals surface area (Å²) < 4.78 is 5.68. The second-order valence-corrected chi connectivity index (χ2v) is 9.84. The average molecular weight is 418 g/mol. The molecule has 0 spiro atoms. The van der Waals surface area contributed by atoms with Crippen LogP contribution in [0, 0.1) is 29.1 Å². The highest BCUT2D eigenvalue weighted by Crippen LogP contribution is 2.57. The lowest BCUT2D eigenvalue weighted by Gasteiger charge is -2.60. The summed E-state index contributed by atoms with van der Waals surface area (Å²) in [4.78, 5) is 15.7. The SMILES string of the molecule is N#CCCN(C(=O)CN[C@H](c1ccccc1)c1ccco1)C12CC3CC(CC(C3)C1)C2. The second kappa shape index (κ2) is 8.51. The summed E-state index contributed by atoms with van der Waals surface area (Å²) in [5.74, 6) is 3.20. The van der Waals surface area contributed by atoms with Crippen molar-refractivity contribution in [2.75, 3.05) is 13.1 Å². The van der Waals surface area contributed by atoms with E-state index in [4.69, 9.17) is 4.42 Å². The molecule has 1 atom stereocenters. The van der Waals surface area contributed by atoms with E-state index in [2.05, 4.69) is 28.4 Å². The molecule has 1 heterocycles. The molecule has 0 aliphatic heterocycles. The summed E-state index contributed by atoms with van der Waals surface area (Å²) in [6, 6.07) is 16.0. The number of nitriles is 1. The third-order valence-corrected chi connectivity index (χ3v) is 7.74. The lowest BCUT2D eigenvalue weighted by molar-refractivity contribution is -0.149. The number of hydrogen-bond acceptors (Lipinski definition) is 4. The van der Waals surface area contributed by atoms with Gasteiger partial charge >= 0.3 is 0 Å². The van der Waals surface area contributed by atoms with Crippen LogP contribution >= 0.6 is 0 Å². The number of furan rings is 1. The normalized spacial score (nSPS) is 29.5. The lowest BCUT2D eigenvalue weighted by atomic mass is 9.52. The molecule has 4 saturated carbocycles. The van der Waals surface area contributed by atoms with Crippen LogP contribution in [0.3, 0.4) is 0 Å². The molecule has 5 nitrogen and oxygen atoms in total. The number of nitrogens with zero attached hydrogens (tertiary/aromatic N) is 2. The van der Waals surface area contributed by atoms with Crippen LogP contribution in [0.15, 0.2) is 53.1 Å². The minimum atomic E-state index is -0.172. The first-order valence-corrected chi connectivity index (χ1v) is 11.7. The Balaban J connectivity index is 1.35. The van der Waals surface area contributed by atoms with Crippen LogP contribution in [-0.2, 0) is 4.79 Å². The van der Waals surface area contributed by atoms with Crippen molar-refractivity contribution in [3.63, 3.8) is 0 Å². The molecular formula is C26H31N3O2. The summed E-state index contributed by atoms with van der Waals surface area (Å²) in [5.41, 5.74) is 1.04. The fourth-order valence-electron chi connectivity index (χ4n) is 6.95. The molecule has 1 aromatic carbocycles. The van der Waals surface area contributed by atoms with Gasteiger partial charge in [-0.15, -0.1) is 0 Å². The molecule has 162 valence electrons. The standard InChI is InChI=1S/C26H31N3O2/c27-9-5-10-29(26-15-19-12-20(16-26)14-21(13-19)17-26)24(30)18-28-25(23-8-4-11-31-23)22-6-2-1-3-7-22/h1-4,6-8,11,19-21,25,28H,5,10,12-18H2/t19?,20?,21?,25-,26?/m1/s1. The Kier molecular flexibility index (Phi) is 5.58. The summed E-state index contributed by atoms with van der Waals surface area (Å²) >= 11 is 0. The maximum Gasteiger partial charge on any atom is 0.237 e. The zero-order valence-corrected chi connectivity index (χ0v) is 18.0. The predicted molar refractivity (Wildman–Crippen MR) is 118 cm³/mol. The Bertz CT molecular complexity index is 896. The van der Waals surface area contributed by atoms with Crippen molar-refractivity contribution < 1.29 is 9.21 Å². The molecule has 1 amide bonds. The highest BCUT2D eigenvalue weighted by atomic mass is 16.3. The van der Waals surface area contributed by atoms with Gasteiger partial charge in [0.25, 0.3) is 0 Å². The van der Waals surface area contributed by atoms with Crippen LogP contribution in [0.25, 0.3) is 0 Å². The topological polar surface area (TPSA) is 69.3 Å². The van der Waals surface area contributed by atoms with Crippen LogP contribution in [0.1, 0.15) is 62.3 Å². The van der Waals surface area contributed by atoms with E-state index in [0.29, 0.717) is 13.0 Å². The number of benzene rings is 1. The minimum Gasteiger partial charge on any atom is -0.467 e. The third-order valence-electron chi connectivity index (χ3n) is 7.74. The molecule has 4 fully saturated rings. The van der Waals surface area contributed by atoms with E-state index in [-0.39, 0.29) is 24.0 Å². The second-order valence-electron chi connectivity index (χ2n) is 9.84. The first-order valence-electron chi connectivity index (χ1n) is 11.7. The smallest absolute Gasteiger partial charge is 0.237 e. The Morgan fingerprint density at radius 3 is 2.35 bits per heavy atom. The molecular weight excluding hydrogens is 386 g/mol. The van der Waals surface area contributed by atoms with Gasteiger partial charge in [-0.2, -0.15) is 5.26 Å². The van der Waals surface area contributed by atoms with Crippen molar-refractivity contribution in [2.45, 2.75) is 56.5 Å². The number of amides is 1. The third kappa shape index (κ3) is 4.02. The molecule has 1 aromatic heterocycles. The number of rotatable bonds is 8. The van der Waals surface area contributed by atoms with E-state index in [1.54, 1.807) is 6.26 Å². The van der Waals surface area contributed by atoms with Crippen LogP contribution in [0.4, 0.5) is 0 Å². The Hall–Kier alpha value is -2.58. The largest absolute Gasteiger partial charge is 0.467 e. The highest BCUT2D eigenvalue weighted by molar-refractivity contribution is 5.79. The zero-order chi connectivity index (χ0) is 21.3. The summed E-state index contributed by atoms with van der Waals surface area (Å²) in [6.45, 7) is 0.785. The van der Waals surface area contributed by atoms with E-state index in [1.807, 2.05) is 30.3 Å². The maximum atomic E-state index is 13.6. The fourth-order valence-corrected chi connectivity index (χ4v) is 6.95. The Morgan fingerprint density at radius 1 is 1.10 bits per heavy atom. The maximum absolute atomic E-state index is 13.6. The van der Waals surface area contributed by atoms with Gasteiger partial charge in [-0.05, 0) is 74.0 Å². The first kappa shape index (κ1) is 20.3. The van der Waals surface area contributed by atoms with E-state index in [0.717, 1.165) is 48.3 Å². The van der Waals surface area contributed by atoms with Crippen molar-refractivity contribution in [3.05, 3.63) is 60.1 Å². The lowest BCUT2D eigenvalue weighted by Crippen LogP contribution is -2.62. The van der Waals surface area contributed by atoms with Crippen LogP contribution < -0.4 is 5.32 Å². The molecule has 0 unspecified atom stereocenters. The first-order chi connectivity index (χ1) is 15.2. The van der Waals surface area contributed by atoms with Crippen molar-refractivity contribution in [2.24, 2.45) is 17.8 Å². The Labute approximate surface area is 184 Å². The van der Waals surface area contributed by atoms with Gasteiger partial charge in [0.1, 0.15) is 5.76 Å². The van der Waals surface area contributed by atoms with Gasteiger partial charge in [0.2, 0.25) is 5.91 Å². The van der Waals surface area contributed by atoms with E-state index < -0.39 is 0 Å². The fraction of sp³-hybridized carbons (Fsp3) is 0.538. The average Bonchev–Trinajstić information content (AvgIpc) is 3.28. The minimum absolute atomic E-state index is 0.0305. The van der Waals surface area contributed by atoms with Gasteiger partial charge in [0.05, 0.1) is 31.3 Å². The molecule has 31 heavy (non-hydrogen) atoms. The van der Waals surface area contributed by atoms with Crippen molar-refractivity contribution in [1.82, 2.24) is 10.2 Å². The van der Waals surface area contributed by atoms with Gasteiger partial charge in [-0.1, -0.05) is 30.3 Å².